The molecule has 1 aliphatic heterocycles. The molecule has 1 heterocycles. The summed E-state index contributed by atoms with van der Waals surface area (Å²) in [6.45, 7) is 3.22. The molecule has 0 radical (unpaired) electrons. The molecular formula is C8H8O5. The van der Waals surface area contributed by atoms with Gasteiger partial charge in [0.1, 0.15) is 0 Å². The molecule has 0 saturated heterocycles. The first-order chi connectivity index (χ1) is 6.06. The Morgan fingerprint density at radius 1 is 1.46 bits per heavy atom. The summed E-state index contributed by atoms with van der Waals surface area (Å²) >= 11 is 0. The number of carbonyl (C=O) groups is 3. The van der Waals surface area contributed by atoms with E-state index in [9.17, 15) is 14.4 Å². The number of hydrogen-bond donors (Lipinski definition) is 1. The van der Waals surface area contributed by atoms with E-state index in [-0.39, 0.29) is 6.42 Å². The highest BCUT2D eigenvalue weighted by Gasteiger charge is 2.10. The van der Waals surface area contributed by atoms with Gasteiger partial charge in [-0.25, -0.2) is 9.59 Å². The van der Waals surface area contributed by atoms with Gasteiger partial charge in [-0.2, -0.15) is 0 Å². The van der Waals surface area contributed by atoms with E-state index < -0.39 is 17.9 Å². The van der Waals surface area contributed by atoms with Crippen LogP contribution in [-0.2, 0) is 19.1 Å². The van der Waals surface area contributed by atoms with Crippen LogP contribution in [0, 0.1) is 0 Å². The fourth-order valence-electron chi connectivity index (χ4n) is 0.427. The van der Waals surface area contributed by atoms with Crippen molar-refractivity contribution in [1.82, 2.24) is 0 Å². The number of carboxylic acid groups (broad SMARTS) is 1. The van der Waals surface area contributed by atoms with E-state index in [4.69, 9.17) is 5.11 Å². The Morgan fingerprint density at radius 3 is 2.00 bits per heavy atom. The van der Waals surface area contributed by atoms with Gasteiger partial charge in [0.05, 0.1) is 6.42 Å². The lowest BCUT2D eigenvalue weighted by Crippen LogP contribution is -1.96. The molecule has 1 rings (SSSR count). The van der Waals surface area contributed by atoms with Crippen LogP contribution in [0.25, 0.3) is 0 Å². The number of carboxylic acids is 1. The van der Waals surface area contributed by atoms with Crippen LogP contribution in [0.3, 0.4) is 0 Å². The van der Waals surface area contributed by atoms with Gasteiger partial charge in [-0.15, -0.1) is 6.58 Å². The molecule has 70 valence electrons. The number of cyclic esters (lactones) is 2. The van der Waals surface area contributed by atoms with Crippen molar-refractivity contribution < 1.29 is 24.2 Å². The molecule has 5 heteroatoms. The van der Waals surface area contributed by atoms with Gasteiger partial charge in [0.15, 0.2) is 0 Å². The monoisotopic (exact) mass is 184 g/mol. The molecule has 13 heavy (non-hydrogen) atoms. The molecule has 5 nitrogen and oxygen atoms in total. The molecule has 0 aromatic carbocycles. The minimum Gasteiger partial charge on any atom is -0.481 e. The maximum atomic E-state index is 9.92. The second-order valence-electron chi connectivity index (χ2n) is 1.96. The van der Waals surface area contributed by atoms with Gasteiger partial charge in [0, 0.05) is 12.2 Å². The quantitative estimate of drug-likeness (QED) is 0.378. The zero-order chi connectivity index (χ0) is 10.3. The number of hydrogen-bond acceptors (Lipinski definition) is 4. The molecule has 0 aliphatic carbocycles. The highest BCUT2D eigenvalue weighted by atomic mass is 16.6. The molecular weight excluding hydrogens is 176 g/mol. The largest absolute Gasteiger partial charge is 0.481 e. The maximum absolute atomic E-state index is 9.92. The van der Waals surface area contributed by atoms with Crippen molar-refractivity contribution in [2.24, 2.45) is 0 Å². The third kappa shape index (κ3) is 6.49. The van der Waals surface area contributed by atoms with Crippen molar-refractivity contribution >= 4 is 17.9 Å². The van der Waals surface area contributed by atoms with Crippen LogP contribution >= 0.6 is 0 Å². The SMILES string of the molecule is C=CCC(=O)O.O=C1C=CC(=O)O1. The van der Waals surface area contributed by atoms with Crippen molar-refractivity contribution in [3.63, 3.8) is 0 Å². The number of esters is 2. The molecule has 0 atom stereocenters. The lowest BCUT2D eigenvalue weighted by atomic mass is 10.4. The van der Waals surface area contributed by atoms with Crippen molar-refractivity contribution in [2.45, 2.75) is 6.42 Å². The number of carbonyl (C=O) groups excluding carboxylic acids is 2. The minimum absolute atomic E-state index is 0.0556. The molecule has 0 aromatic heterocycles. The first-order valence-corrected chi connectivity index (χ1v) is 3.32. The maximum Gasteiger partial charge on any atom is 0.338 e. The minimum atomic E-state index is -0.829. The van der Waals surface area contributed by atoms with E-state index in [1.54, 1.807) is 0 Å². The summed E-state index contributed by atoms with van der Waals surface area (Å²) in [4.78, 5) is 29.4. The Morgan fingerprint density at radius 2 is 1.92 bits per heavy atom. The first-order valence-electron chi connectivity index (χ1n) is 3.32. The Kier molecular flexibility index (Phi) is 4.87. The highest BCUT2D eigenvalue weighted by Crippen LogP contribution is 1.92. The average molecular weight is 184 g/mol. The van der Waals surface area contributed by atoms with Gasteiger partial charge in [0.25, 0.3) is 0 Å². The molecule has 0 unspecified atom stereocenters. The van der Waals surface area contributed by atoms with Crippen LogP contribution in [0.2, 0.25) is 0 Å². The summed E-state index contributed by atoms with van der Waals surface area (Å²) in [6, 6.07) is 0. The summed E-state index contributed by atoms with van der Waals surface area (Å²) in [5.41, 5.74) is 0. The van der Waals surface area contributed by atoms with E-state index >= 15 is 0 Å². The number of rotatable bonds is 2. The smallest absolute Gasteiger partial charge is 0.338 e. The standard InChI is InChI=1S/C4H2O3.C4H6O2/c5-3-1-2-4(6)7-3;1-2-3-4(5)6/h1-2H;2H,1,3H2,(H,5,6). The lowest BCUT2D eigenvalue weighted by Gasteiger charge is -1.80. The van der Waals surface area contributed by atoms with Crippen LogP contribution in [0.1, 0.15) is 6.42 Å². The zero-order valence-corrected chi connectivity index (χ0v) is 6.73. The van der Waals surface area contributed by atoms with Crippen LogP contribution in [0.4, 0.5) is 0 Å². The van der Waals surface area contributed by atoms with Crippen molar-refractivity contribution in [3.05, 3.63) is 24.8 Å². The van der Waals surface area contributed by atoms with Gasteiger partial charge < -0.3 is 9.84 Å². The van der Waals surface area contributed by atoms with Crippen molar-refractivity contribution in [1.29, 1.82) is 0 Å². The Hall–Kier alpha value is -1.91. The van der Waals surface area contributed by atoms with Crippen LogP contribution < -0.4 is 0 Å². The fraction of sp³-hybridized carbons (Fsp3) is 0.125. The third-order valence-electron chi connectivity index (χ3n) is 0.876. The molecule has 1 aliphatic rings. The Bertz CT molecular complexity index is 248. The lowest BCUT2D eigenvalue weighted by molar-refractivity contribution is -0.150. The predicted molar refractivity (Wildman–Crippen MR) is 42.7 cm³/mol. The van der Waals surface area contributed by atoms with E-state index in [2.05, 4.69) is 11.3 Å². The third-order valence-corrected chi connectivity index (χ3v) is 0.876. The van der Waals surface area contributed by atoms with Crippen LogP contribution in [-0.4, -0.2) is 23.0 Å². The van der Waals surface area contributed by atoms with Gasteiger partial charge in [0.2, 0.25) is 0 Å². The van der Waals surface area contributed by atoms with Crippen LogP contribution in [0.15, 0.2) is 24.8 Å². The predicted octanol–water partition coefficient (Wildman–Crippen LogP) is 0.273. The fourth-order valence-corrected chi connectivity index (χ4v) is 0.427. The number of aliphatic carboxylic acids is 1. The summed E-state index contributed by atoms with van der Waals surface area (Å²) in [6.07, 6.45) is 3.58. The topological polar surface area (TPSA) is 80.7 Å². The average Bonchev–Trinajstić information content (AvgIpc) is 2.35. The van der Waals surface area contributed by atoms with E-state index in [1.165, 1.54) is 6.08 Å². The van der Waals surface area contributed by atoms with Crippen LogP contribution in [0.5, 0.6) is 0 Å². The number of ether oxygens (including phenoxy) is 1. The second-order valence-corrected chi connectivity index (χ2v) is 1.96. The summed E-state index contributed by atoms with van der Waals surface area (Å²) in [7, 11) is 0. The molecule has 0 amide bonds. The van der Waals surface area contributed by atoms with E-state index in [0.717, 1.165) is 12.2 Å². The van der Waals surface area contributed by atoms with E-state index in [0.29, 0.717) is 0 Å². The molecule has 1 N–H and O–H groups in total. The Labute approximate surface area is 74.3 Å². The highest BCUT2D eigenvalue weighted by molar-refractivity contribution is 6.04. The molecule has 0 saturated carbocycles. The Balaban J connectivity index is 0.000000226. The molecule has 0 aromatic rings. The van der Waals surface area contributed by atoms with Crippen molar-refractivity contribution in [2.75, 3.05) is 0 Å². The second kappa shape index (κ2) is 5.70. The summed E-state index contributed by atoms with van der Waals surface area (Å²) in [5.74, 6) is -1.99. The molecule has 0 fully saturated rings. The summed E-state index contributed by atoms with van der Waals surface area (Å²) in [5, 5.41) is 7.84. The molecule has 0 spiro atoms. The van der Waals surface area contributed by atoms with Gasteiger partial charge in [-0.05, 0) is 0 Å². The van der Waals surface area contributed by atoms with Gasteiger partial charge >= 0.3 is 17.9 Å². The van der Waals surface area contributed by atoms with Gasteiger partial charge in [-0.1, -0.05) is 6.08 Å². The molecule has 0 bridgehead atoms. The van der Waals surface area contributed by atoms with Gasteiger partial charge in [-0.3, -0.25) is 4.79 Å². The zero-order valence-electron chi connectivity index (χ0n) is 6.73. The van der Waals surface area contributed by atoms with E-state index in [1.807, 2.05) is 0 Å². The summed E-state index contributed by atoms with van der Waals surface area (Å²) < 4.78 is 3.97. The normalized spacial score (nSPS) is 12.9. The first kappa shape index (κ1) is 11.1. The van der Waals surface area contributed by atoms with Crippen molar-refractivity contribution in [3.8, 4) is 0 Å².